The van der Waals surface area contributed by atoms with E-state index in [0.29, 0.717) is 13.0 Å². The Kier molecular flexibility index (Phi) is 6.45. The zero-order valence-electron chi connectivity index (χ0n) is 15.5. The molecule has 25 heavy (non-hydrogen) atoms. The lowest BCUT2D eigenvalue weighted by Gasteiger charge is -2.28. The highest BCUT2D eigenvalue weighted by molar-refractivity contribution is 5.88. The van der Waals surface area contributed by atoms with Gasteiger partial charge in [0, 0.05) is 13.0 Å². The average molecular weight is 347 g/mol. The fourth-order valence-electron chi connectivity index (χ4n) is 3.10. The number of amides is 1. The number of aromatic hydroxyl groups is 1. The molecule has 0 radical (unpaired) electrons. The predicted octanol–water partition coefficient (Wildman–Crippen LogP) is 4.07. The molecule has 5 heteroatoms. The zero-order valence-corrected chi connectivity index (χ0v) is 15.5. The number of carbonyl (C=O) groups excluding carboxylic acids is 2. The Balaban J connectivity index is 1.77. The molecule has 2 rings (SSSR count). The van der Waals surface area contributed by atoms with Crippen molar-refractivity contribution in [2.24, 2.45) is 0 Å². The normalized spacial score (nSPS) is 17.6. The Morgan fingerprint density at radius 2 is 1.88 bits per heavy atom. The molecule has 1 N–H and O–H groups in total. The number of Topliss-reactive ketones (excluding diaryl/α,β-unsaturated/α-hetero) is 1. The molecule has 0 unspecified atom stereocenters. The maximum Gasteiger partial charge on any atom is 0.410 e. The van der Waals surface area contributed by atoms with Crippen LogP contribution in [0, 0.1) is 0 Å². The third-order valence-electron chi connectivity index (χ3n) is 4.33. The van der Waals surface area contributed by atoms with Crippen molar-refractivity contribution in [1.29, 1.82) is 0 Å². The molecule has 0 aromatic heterocycles. The molecule has 0 spiro atoms. The molecule has 1 amide bonds. The Labute approximate surface area is 150 Å². The van der Waals surface area contributed by atoms with Gasteiger partial charge in [0.05, 0.1) is 6.04 Å². The van der Waals surface area contributed by atoms with Gasteiger partial charge in [-0.1, -0.05) is 12.1 Å². The van der Waals surface area contributed by atoms with Gasteiger partial charge in [0.2, 0.25) is 0 Å². The number of unbranched alkanes of at least 4 members (excludes halogenated alkanes) is 1. The molecule has 1 saturated heterocycles. The van der Waals surface area contributed by atoms with Gasteiger partial charge in [0.1, 0.15) is 11.4 Å². The van der Waals surface area contributed by atoms with Gasteiger partial charge in [-0.2, -0.15) is 0 Å². The summed E-state index contributed by atoms with van der Waals surface area (Å²) in [4.78, 5) is 26.3. The summed E-state index contributed by atoms with van der Waals surface area (Å²) in [6.45, 7) is 6.10. The summed E-state index contributed by atoms with van der Waals surface area (Å²) >= 11 is 0. The molecule has 0 saturated carbocycles. The molecule has 0 aliphatic carbocycles. The molecular weight excluding hydrogens is 318 g/mol. The topological polar surface area (TPSA) is 66.8 Å². The van der Waals surface area contributed by atoms with E-state index in [1.807, 2.05) is 32.9 Å². The first kappa shape index (κ1) is 19.3. The molecule has 5 nitrogen and oxygen atoms in total. The first-order valence-electron chi connectivity index (χ1n) is 9.06. The molecule has 1 aliphatic heterocycles. The van der Waals surface area contributed by atoms with Crippen molar-refractivity contribution in [2.45, 2.75) is 70.9 Å². The van der Waals surface area contributed by atoms with Crippen LogP contribution < -0.4 is 0 Å². The highest BCUT2D eigenvalue weighted by Crippen LogP contribution is 2.23. The summed E-state index contributed by atoms with van der Waals surface area (Å²) in [5, 5.41) is 9.28. The minimum atomic E-state index is -0.544. The summed E-state index contributed by atoms with van der Waals surface area (Å²) < 4.78 is 5.41. The van der Waals surface area contributed by atoms with Crippen molar-refractivity contribution >= 4 is 11.9 Å². The van der Waals surface area contributed by atoms with Crippen LogP contribution in [0.25, 0.3) is 0 Å². The fourth-order valence-corrected chi connectivity index (χ4v) is 3.10. The van der Waals surface area contributed by atoms with Gasteiger partial charge in [-0.05, 0) is 70.6 Å². The second kappa shape index (κ2) is 8.37. The molecule has 1 fully saturated rings. The Morgan fingerprint density at radius 1 is 1.20 bits per heavy atom. The van der Waals surface area contributed by atoms with Crippen LogP contribution in [0.1, 0.15) is 58.4 Å². The molecule has 1 atom stereocenters. The minimum absolute atomic E-state index is 0.133. The van der Waals surface area contributed by atoms with Gasteiger partial charge >= 0.3 is 6.09 Å². The lowest BCUT2D eigenvalue weighted by atomic mass is 10.0. The SMILES string of the molecule is CC(C)(C)OC(=O)N1CCC[C@H]1C(=O)CCCCc1ccc(O)cc1. The first-order valence-corrected chi connectivity index (χ1v) is 9.06. The summed E-state index contributed by atoms with van der Waals surface area (Å²) in [6, 6.07) is 6.83. The van der Waals surface area contributed by atoms with Crippen LogP contribution >= 0.6 is 0 Å². The summed E-state index contributed by atoms with van der Waals surface area (Å²) in [5.41, 5.74) is 0.610. The van der Waals surface area contributed by atoms with E-state index in [4.69, 9.17) is 4.74 Å². The molecule has 1 aliphatic rings. The van der Waals surface area contributed by atoms with E-state index >= 15 is 0 Å². The number of benzene rings is 1. The number of likely N-dealkylation sites (tertiary alicyclic amines) is 1. The summed E-state index contributed by atoms with van der Waals surface area (Å²) in [5.74, 6) is 0.400. The highest BCUT2D eigenvalue weighted by atomic mass is 16.6. The standard InChI is InChI=1S/C20H29NO4/c1-20(2,3)25-19(24)21-14-6-8-17(21)18(23)9-5-4-7-15-10-12-16(22)13-11-15/h10-13,17,22H,4-9,14H2,1-3H3/t17-/m0/s1. The van der Waals surface area contributed by atoms with Crippen molar-refractivity contribution in [2.75, 3.05) is 6.54 Å². The van der Waals surface area contributed by atoms with Crippen molar-refractivity contribution < 1.29 is 19.4 Å². The van der Waals surface area contributed by atoms with Crippen LogP contribution in [0.4, 0.5) is 4.79 Å². The number of ether oxygens (including phenoxy) is 1. The summed E-state index contributed by atoms with van der Waals surface area (Å²) in [6.07, 6.45) is 4.29. The molecule has 0 bridgehead atoms. The number of phenols is 1. The first-order chi connectivity index (χ1) is 11.8. The van der Waals surface area contributed by atoms with Crippen molar-refractivity contribution in [3.8, 4) is 5.75 Å². The van der Waals surface area contributed by atoms with E-state index < -0.39 is 5.60 Å². The Morgan fingerprint density at radius 3 is 2.52 bits per heavy atom. The highest BCUT2D eigenvalue weighted by Gasteiger charge is 2.35. The second-order valence-electron chi connectivity index (χ2n) is 7.67. The number of hydrogen-bond donors (Lipinski definition) is 1. The maximum absolute atomic E-state index is 12.5. The van der Waals surface area contributed by atoms with Crippen molar-refractivity contribution in [3.05, 3.63) is 29.8 Å². The number of phenolic OH excluding ortho intramolecular Hbond substituents is 1. The quantitative estimate of drug-likeness (QED) is 0.788. The molecule has 1 aromatic rings. The Bertz CT molecular complexity index is 589. The van der Waals surface area contributed by atoms with E-state index in [-0.39, 0.29) is 23.7 Å². The van der Waals surface area contributed by atoms with Gasteiger partial charge < -0.3 is 9.84 Å². The number of nitrogens with zero attached hydrogens (tertiary/aromatic N) is 1. The molecule has 1 aromatic carbocycles. The number of aryl methyl sites for hydroxylation is 1. The lowest BCUT2D eigenvalue weighted by Crippen LogP contribution is -2.43. The third kappa shape index (κ3) is 6.07. The van der Waals surface area contributed by atoms with Crippen LogP contribution in [-0.2, 0) is 16.0 Å². The summed E-state index contributed by atoms with van der Waals surface area (Å²) in [7, 11) is 0. The van der Waals surface area contributed by atoms with Crippen molar-refractivity contribution in [3.63, 3.8) is 0 Å². The lowest BCUT2D eigenvalue weighted by molar-refractivity contribution is -0.123. The van der Waals surface area contributed by atoms with Crippen LogP contribution in [-0.4, -0.2) is 40.1 Å². The maximum atomic E-state index is 12.5. The van der Waals surface area contributed by atoms with E-state index in [1.165, 1.54) is 0 Å². The van der Waals surface area contributed by atoms with E-state index in [2.05, 4.69) is 0 Å². The number of carbonyl (C=O) groups is 2. The monoisotopic (exact) mass is 347 g/mol. The van der Waals surface area contributed by atoms with Crippen LogP contribution in [0.15, 0.2) is 24.3 Å². The van der Waals surface area contributed by atoms with E-state index in [1.54, 1.807) is 17.0 Å². The predicted molar refractivity (Wildman–Crippen MR) is 96.6 cm³/mol. The van der Waals surface area contributed by atoms with Gasteiger partial charge in [-0.15, -0.1) is 0 Å². The smallest absolute Gasteiger partial charge is 0.410 e. The van der Waals surface area contributed by atoms with Gasteiger partial charge in [0.25, 0.3) is 0 Å². The molecule has 1 heterocycles. The van der Waals surface area contributed by atoms with Crippen LogP contribution in [0.2, 0.25) is 0 Å². The van der Waals surface area contributed by atoms with E-state index in [9.17, 15) is 14.7 Å². The minimum Gasteiger partial charge on any atom is -0.508 e. The van der Waals surface area contributed by atoms with Gasteiger partial charge in [-0.3, -0.25) is 9.69 Å². The van der Waals surface area contributed by atoms with Gasteiger partial charge in [-0.25, -0.2) is 4.79 Å². The Hall–Kier alpha value is -2.04. The fraction of sp³-hybridized carbons (Fsp3) is 0.600. The number of rotatable bonds is 6. The molecule has 138 valence electrons. The van der Waals surface area contributed by atoms with Crippen molar-refractivity contribution in [1.82, 2.24) is 4.90 Å². The number of hydrogen-bond acceptors (Lipinski definition) is 4. The zero-order chi connectivity index (χ0) is 18.4. The average Bonchev–Trinajstić information content (AvgIpc) is 3.01. The third-order valence-corrected chi connectivity index (χ3v) is 4.33. The molecular formula is C20H29NO4. The largest absolute Gasteiger partial charge is 0.508 e. The van der Waals surface area contributed by atoms with E-state index in [0.717, 1.165) is 37.7 Å². The number of ketones is 1. The second-order valence-corrected chi connectivity index (χ2v) is 7.67. The van der Waals surface area contributed by atoms with Crippen LogP contribution in [0.5, 0.6) is 5.75 Å². The van der Waals surface area contributed by atoms with Gasteiger partial charge in [0.15, 0.2) is 5.78 Å². The van der Waals surface area contributed by atoms with Crippen LogP contribution in [0.3, 0.4) is 0 Å².